The minimum atomic E-state index is -3.75. The van der Waals surface area contributed by atoms with E-state index in [0.29, 0.717) is 15.7 Å². The van der Waals surface area contributed by atoms with Gasteiger partial charge in [0, 0.05) is 22.3 Å². The Labute approximate surface area is 130 Å². The van der Waals surface area contributed by atoms with Gasteiger partial charge in [0.25, 0.3) is 0 Å². The number of anilines is 1. The van der Waals surface area contributed by atoms with E-state index in [1.807, 2.05) is 0 Å². The second kappa shape index (κ2) is 5.92. The van der Waals surface area contributed by atoms with Crippen LogP contribution in [0.4, 0.5) is 5.69 Å². The minimum Gasteiger partial charge on any atom is -0.504 e. The average molecular weight is 373 g/mol. The summed E-state index contributed by atoms with van der Waals surface area (Å²) in [6.45, 7) is 0.257. The molecule has 0 aromatic heterocycles. The van der Waals surface area contributed by atoms with Crippen molar-refractivity contribution >= 4 is 31.6 Å². The van der Waals surface area contributed by atoms with Gasteiger partial charge in [0.2, 0.25) is 10.0 Å². The number of hydrogen-bond donors (Lipinski definition) is 4. The lowest BCUT2D eigenvalue weighted by Crippen LogP contribution is -2.12. The number of phenols is 2. The summed E-state index contributed by atoms with van der Waals surface area (Å²) in [7, 11) is -3.75. The summed E-state index contributed by atoms with van der Waals surface area (Å²) in [5, 5.41) is 27.2. The second-order valence-corrected chi connectivity index (χ2v) is 6.74. The molecule has 0 unspecified atom stereocenters. The normalized spacial score (nSPS) is 11.3. The van der Waals surface area contributed by atoms with Gasteiger partial charge in [-0.15, -0.1) is 0 Å². The standard InChI is InChI=1S/C13H13BrN2O4S/c14-10-6-9(21(15,19)20)4-5-11(10)16-7-8-2-1-3-12(17)13(8)18/h1-6,16-18H,7H2,(H2,15,19,20). The number of nitrogens with two attached hydrogens (primary N) is 1. The molecule has 0 saturated heterocycles. The molecule has 2 aromatic carbocycles. The third-order valence-electron chi connectivity index (χ3n) is 2.84. The molecule has 2 rings (SSSR count). The number of primary sulfonamides is 1. The Hall–Kier alpha value is -1.77. The van der Waals surface area contributed by atoms with Crippen molar-refractivity contribution in [1.82, 2.24) is 0 Å². The van der Waals surface area contributed by atoms with Gasteiger partial charge < -0.3 is 15.5 Å². The molecule has 0 saturated carbocycles. The maximum Gasteiger partial charge on any atom is 0.238 e. The van der Waals surface area contributed by atoms with Crippen LogP contribution in [0, 0.1) is 0 Å². The largest absolute Gasteiger partial charge is 0.504 e. The van der Waals surface area contributed by atoms with E-state index in [2.05, 4.69) is 21.2 Å². The van der Waals surface area contributed by atoms with Gasteiger partial charge >= 0.3 is 0 Å². The SMILES string of the molecule is NS(=O)(=O)c1ccc(NCc2cccc(O)c2O)c(Br)c1. The molecule has 112 valence electrons. The molecule has 8 heteroatoms. The van der Waals surface area contributed by atoms with Gasteiger partial charge in [0.05, 0.1) is 4.90 Å². The van der Waals surface area contributed by atoms with E-state index in [1.54, 1.807) is 18.2 Å². The number of para-hydroxylation sites is 1. The highest BCUT2D eigenvalue weighted by atomic mass is 79.9. The molecule has 0 bridgehead atoms. The highest BCUT2D eigenvalue weighted by Crippen LogP contribution is 2.30. The number of benzene rings is 2. The van der Waals surface area contributed by atoms with Gasteiger partial charge in [-0.1, -0.05) is 12.1 Å². The number of nitrogens with one attached hydrogen (secondary N) is 1. The first-order valence-corrected chi connectivity index (χ1v) is 8.19. The summed E-state index contributed by atoms with van der Waals surface area (Å²) in [6, 6.07) is 8.99. The van der Waals surface area contributed by atoms with Crippen molar-refractivity contribution in [1.29, 1.82) is 0 Å². The molecule has 0 aliphatic heterocycles. The van der Waals surface area contributed by atoms with Crippen LogP contribution in [0.2, 0.25) is 0 Å². The second-order valence-electron chi connectivity index (χ2n) is 4.33. The van der Waals surface area contributed by atoms with E-state index in [1.165, 1.54) is 18.2 Å². The van der Waals surface area contributed by atoms with Crippen LogP contribution < -0.4 is 10.5 Å². The predicted molar refractivity (Wildman–Crippen MR) is 82.6 cm³/mol. The Morgan fingerprint density at radius 3 is 2.52 bits per heavy atom. The molecule has 0 radical (unpaired) electrons. The Kier molecular flexibility index (Phi) is 4.40. The smallest absolute Gasteiger partial charge is 0.238 e. The van der Waals surface area contributed by atoms with Gasteiger partial charge in [-0.3, -0.25) is 0 Å². The molecular formula is C13H13BrN2O4S. The molecule has 5 N–H and O–H groups in total. The van der Waals surface area contributed by atoms with Crippen LogP contribution in [0.15, 0.2) is 45.8 Å². The average Bonchev–Trinajstić information content (AvgIpc) is 2.40. The van der Waals surface area contributed by atoms with Crippen molar-refractivity contribution in [3.05, 3.63) is 46.4 Å². The number of phenolic OH excluding ortho intramolecular Hbond substituents is 2. The summed E-state index contributed by atoms with van der Waals surface area (Å²) < 4.78 is 23.0. The monoisotopic (exact) mass is 372 g/mol. The highest BCUT2D eigenvalue weighted by Gasteiger charge is 2.11. The number of aromatic hydroxyl groups is 2. The van der Waals surface area contributed by atoms with Crippen molar-refractivity contribution < 1.29 is 18.6 Å². The first kappa shape index (κ1) is 15.6. The quantitative estimate of drug-likeness (QED) is 0.614. The molecular weight excluding hydrogens is 360 g/mol. The topological polar surface area (TPSA) is 113 Å². The van der Waals surface area contributed by atoms with Gasteiger partial charge in [-0.25, -0.2) is 13.6 Å². The maximum atomic E-state index is 11.2. The van der Waals surface area contributed by atoms with Crippen molar-refractivity contribution in [2.24, 2.45) is 5.14 Å². The van der Waals surface area contributed by atoms with E-state index >= 15 is 0 Å². The van der Waals surface area contributed by atoms with Gasteiger partial charge in [-0.05, 0) is 40.2 Å². The minimum absolute atomic E-state index is 0.000118. The molecule has 0 aliphatic rings. The zero-order valence-electron chi connectivity index (χ0n) is 10.7. The van der Waals surface area contributed by atoms with Crippen LogP contribution in [0.3, 0.4) is 0 Å². The van der Waals surface area contributed by atoms with Crippen LogP contribution >= 0.6 is 15.9 Å². The van der Waals surface area contributed by atoms with Crippen molar-refractivity contribution in [2.75, 3.05) is 5.32 Å². The molecule has 0 heterocycles. The first-order chi connectivity index (χ1) is 9.79. The lowest BCUT2D eigenvalue weighted by Gasteiger charge is -2.11. The fourth-order valence-electron chi connectivity index (χ4n) is 1.73. The van der Waals surface area contributed by atoms with Crippen LogP contribution in [-0.2, 0) is 16.6 Å². The molecule has 0 fully saturated rings. The Balaban J connectivity index is 2.19. The zero-order chi connectivity index (χ0) is 15.6. The lowest BCUT2D eigenvalue weighted by atomic mass is 10.2. The van der Waals surface area contributed by atoms with Gasteiger partial charge in [-0.2, -0.15) is 0 Å². The van der Waals surface area contributed by atoms with Crippen molar-refractivity contribution in [3.63, 3.8) is 0 Å². The van der Waals surface area contributed by atoms with Crippen LogP contribution in [-0.4, -0.2) is 18.6 Å². The Bertz CT molecular complexity index is 778. The number of halogens is 1. The third kappa shape index (κ3) is 3.66. The van der Waals surface area contributed by atoms with E-state index in [-0.39, 0.29) is 22.9 Å². The fraction of sp³-hybridized carbons (Fsp3) is 0.0769. The lowest BCUT2D eigenvalue weighted by molar-refractivity contribution is 0.400. The predicted octanol–water partition coefficient (Wildman–Crippen LogP) is 2.12. The molecule has 0 atom stereocenters. The highest BCUT2D eigenvalue weighted by molar-refractivity contribution is 9.10. The Morgan fingerprint density at radius 2 is 1.90 bits per heavy atom. The molecule has 0 spiro atoms. The molecule has 21 heavy (non-hydrogen) atoms. The summed E-state index contributed by atoms with van der Waals surface area (Å²) in [4.78, 5) is 0.000118. The molecule has 0 aliphatic carbocycles. The summed E-state index contributed by atoms with van der Waals surface area (Å²) in [6.07, 6.45) is 0. The van der Waals surface area contributed by atoms with E-state index in [9.17, 15) is 18.6 Å². The number of sulfonamides is 1. The van der Waals surface area contributed by atoms with Crippen LogP contribution in [0.25, 0.3) is 0 Å². The summed E-state index contributed by atoms with van der Waals surface area (Å²) >= 11 is 3.25. The number of hydrogen-bond acceptors (Lipinski definition) is 5. The fourth-order valence-corrected chi connectivity index (χ4v) is 2.94. The third-order valence-corrected chi connectivity index (χ3v) is 4.40. The van der Waals surface area contributed by atoms with E-state index < -0.39 is 10.0 Å². The van der Waals surface area contributed by atoms with Gasteiger partial charge in [0.1, 0.15) is 0 Å². The van der Waals surface area contributed by atoms with Crippen molar-refractivity contribution in [2.45, 2.75) is 11.4 Å². The molecule has 6 nitrogen and oxygen atoms in total. The molecule has 2 aromatic rings. The van der Waals surface area contributed by atoms with Gasteiger partial charge in [0.15, 0.2) is 11.5 Å². The van der Waals surface area contributed by atoms with E-state index in [4.69, 9.17) is 5.14 Å². The van der Waals surface area contributed by atoms with Crippen LogP contribution in [0.1, 0.15) is 5.56 Å². The first-order valence-electron chi connectivity index (χ1n) is 5.85. The molecule has 0 amide bonds. The summed E-state index contributed by atoms with van der Waals surface area (Å²) in [5.74, 6) is -0.389. The maximum absolute atomic E-state index is 11.2. The van der Waals surface area contributed by atoms with Crippen molar-refractivity contribution in [3.8, 4) is 11.5 Å². The number of rotatable bonds is 4. The van der Waals surface area contributed by atoms with E-state index in [0.717, 1.165) is 0 Å². The zero-order valence-corrected chi connectivity index (χ0v) is 13.1. The Morgan fingerprint density at radius 1 is 1.19 bits per heavy atom. The summed E-state index contributed by atoms with van der Waals surface area (Å²) in [5.41, 5.74) is 1.14. The van der Waals surface area contributed by atoms with Crippen LogP contribution in [0.5, 0.6) is 11.5 Å².